The Hall–Kier alpha value is -1.07. The van der Waals surface area contributed by atoms with Crippen LogP contribution in [0.1, 0.15) is 30.0 Å². The predicted octanol–water partition coefficient (Wildman–Crippen LogP) is 2.48. The maximum Gasteiger partial charge on any atom is 0.102 e. The van der Waals surface area contributed by atoms with Gasteiger partial charge in [-0.2, -0.15) is 5.26 Å². The van der Waals surface area contributed by atoms with Gasteiger partial charge in [0.15, 0.2) is 0 Å². The third-order valence-corrected chi connectivity index (χ3v) is 2.30. The lowest BCUT2D eigenvalue weighted by molar-refractivity contribution is 1.02. The number of nitriles is 1. The van der Waals surface area contributed by atoms with Gasteiger partial charge in [-0.1, -0.05) is 11.6 Å². The number of aromatic nitrogens is 1. The van der Waals surface area contributed by atoms with Crippen molar-refractivity contribution < 1.29 is 0 Å². The lowest BCUT2D eigenvalue weighted by atomic mass is 10.2. The van der Waals surface area contributed by atoms with Gasteiger partial charge in [0, 0.05) is 17.8 Å². The normalized spacial score (nSPS) is 15.7. The zero-order chi connectivity index (χ0) is 8.55. The second-order valence-corrected chi connectivity index (χ2v) is 3.38. The van der Waals surface area contributed by atoms with Gasteiger partial charge in [-0.3, -0.25) is 4.98 Å². The van der Waals surface area contributed by atoms with Crippen molar-refractivity contribution in [3.63, 3.8) is 0 Å². The number of pyridine rings is 1. The standard InChI is InChI=1S/C9H7ClN2/c10-8-3-9(6-1-2-6)12-5-7(8)4-11/h3,5-6H,1-2H2. The fraction of sp³-hybridized carbons (Fsp3) is 0.333. The Kier molecular flexibility index (Phi) is 1.74. The molecule has 0 saturated heterocycles. The van der Waals surface area contributed by atoms with Crippen LogP contribution in [-0.4, -0.2) is 4.98 Å². The minimum Gasteiger partial charge on any atom is -0.260 e. The molecule has 0 bridgehead atoms. The molecule has 1 aliphatic rings. The lowest BCUT2D eigenvalue weighted by Crippen LogP contribution is -1.87. The maximum absolute atomic E-state index is 8.59. The Balaban J connectivity index is 2.38. The highest BCUT2D eigenvalue weighted by molar-refractivity contribution is 6.31. The highest BCUT2D eigenvalue weighted by atomic mass is 35.5. The van der Waals surface area contributed by atoms with E-state index in [2.05, 4.69) is 4.98 Å². The highest BCUT2D eigenvalue weighted by Crippen LogP contribution is 2.39. The molecule has 12 heavy (non-hydrogen) atoms. The second kappa shape index (κ2) is 2.76. The Morgan fingerprint density at radius 3 is 2.83 bits per heavy atom. The molecule has 1 heterocycles. The summed E-state index contributed by atoms with van der Waals surface area (Å²) in [7, 11) is 0. The monoisotopic (exact) mass is 178 g/mol. The van der Waals surface area contributed by atoms with Crippen molar-refractivity contribution in [1.82, 2.24) is 4.98 Å². The molecule has 0 spiro atoms. The largest absolute Gasteiger partial charge is 0.260 e. The zero-order valence-electron chi connectivity index (χ0n) is 6.42. The highest BCUT2D eigenvalue weighted by Gasteiger charge is 2.25. The number of hydrogen-bond acceptors (Lipinski definition) is 2. The van der Waals surface area contributed by atoms with Crippen LogP contribution in [0, 0.1) is 11.3 Å². The average Bonchev–Trinajstić information content (AvgIpc) is 2.86. The van der Waals surface area contributed by atoms with Gasteiger partial charge in [0.05, 0.1) is 10.6 Å². The summed E-state index contributed by atoms with van der Waals surface area (Å²) in [5.74, 6) is 0.593. The number of hydrogen-bond donors (Lipinski definition) is 0. The number of nitrogens with zero attached hydrogens (tertiary/aromatic N) is 2. The molecule has 2 rings (SSSR count). The molecule has 0 aliphatic heterocycles. The zero-order valence-corrected chi connectivity index (χ0v) is 7.17. The number of halogens is 1. The summed E-state index contributed by atoms with van der Waals surface area (Å²) in [5, 5.41) is 9.11. The van der Waals surface area contributed by atoms with Crippen LogP contribution in [0.15, 0.2) is 12.3 Å². The molecule has 60 valence electrons. The van der Waals surface area contributed by atoms with Gasteiger partial charge in [0.25, 0.3) is 0 Å². The molecule has 1 aromatic heterocycles. The Bertz CT molecular complexity index is 350. The first kappa shape index (κ1) is 7.57. The Morgan fingerprint density at radius 2 is 2.33 bits per heavy atom. The summed E-state index contributed by atoms with van der Waals surface area (Å²) >= 11 is 5.84. The van der Waals surface area contributed by atoms with E-state index in [-0.39, 0.29) is 0 Å². The summed E-state index contributed by atoms with van der Waals surface area (Å²) in [6.07, 6.45) is 3.96. The first-order chi connectivity index (χ1) is 5.81. The van der Waals surface area contributed by atoms with E-state index in [4.69, 9.17) is 16.9 Å². The van der Waals surface area contributed by atoms with Crippen LogP contribution >= 0.6 is 11.6 Å². The first-order valence-electron chi connectivity index (χ1n) is 3.87. The van der Waals surface area contributed by atoms with E-state index in [1.54, 1.807) is 12.3 Å². The van der Waals surface area contributed by atoms with Gasteiger partial charge in [0.1, 0.15) is 6.07 Å². The lowest BCUT2D eigenvalue weighted by Gasteiger charge is -1.98. The Morgan fingerprint density at radius 1 is 1.58 bits per heavy atom. The minimum absolute atomic E-state index is 0.459. The predicted molar refractivity (Wildman–Crippen MR) is 45.9 cm³/mol. The molecule has 0 N–H and O–H groups in total. The maximum atomic E-state index is 8.59. The number of rotatable bonds is 1. The second-order valence-electron chi connectivity index (χ2n) is 2.98. The Labute approximate surface area is 75.8 Å². The van der Waals surface area contributed by atoms with Crippen molar-refractivity contribution >= 4 is 11.6 Å². The van der Waals surface area contributed by atoms with Crippen molar-refractivity contribution in [3.8, 4) is 6.07 Å². The van der Waals surface area contributed by atoms with Gasteiger partial charge in [0.2, 0.25) is 0 Å². The molecule has 0 amide bonds. The smallest absolute Gasteiger partial charge is 0.102 e. The molecule has 0 aromatic carbocycles. The molecule has 1 saturated carbocycles. The van der Waals surface area contributed by atoms with E-state index in [0.29, 0.717) is 16.5 Å². The first-order valence-corrected chi connectivity index (χ1v) is 4.24. The average molecular weight is 179 g/mol. The van der Waals surface area contributed by atoms with Crippen LogP contribution < -0.4 is 0 Å². The third-order valence-electron chi connectivity index (χ3n) is 1.99. The molecule has 0 unspecified atom stereocenters. The van der Waals surface area contributed by atoms with E-state index in [1.165, 1.54) is 12.8 Å². The van der Waals surface area contributed by atoms with E-state index in [9.17, 15) is 0 Å². The van der Waals surface area contributed by atoms with Crippen LogP contribution in [-0.2, 0) is 0 Å². The van der Waals surface area contributed by atoms with Gasteiger partial charge < -0.3 is 0 Å². The van der Waals surface area contributed by atoms with Gasteiger partial charge in [-0.15, -0.1) is 0 Å². The summed E-state index contributed by atoms with van der Waals surface area (Å²) in [4.78, 5) is 4.17. The molecule has 1 aromatic rings. The van der Waals surface area contributed by atoms with Crippen molar-refractivity contribution in [2.75, 3.05) is 0 Å². The summed E-state index contributed by atoms with van der Waals surface area (Å²) in [6, 6.07) is 3.79. The molecule has 0 radical (unpaired) electrons. The molecule has 2 nitrogen and oxygen atoms in total. The van der Waals surface area contributed by atoms with Crippen LogP contribution in [0.4, 0.5) is 0 Å². The minimum atomic E-state index is 0.459. The van der Waals surface area contributed by atoms with Crippen LogP contribution in [0.5, 0.6) is 0 Å². The van der Waals surface area contributed by atoms with E-state index in [1.807, 2.05) is 6.07 Å². The fourth-order valence-corrected chi connectivity index (χ4v) is 1.33. The fourth-order valence-electron chi connectivity index (χ4n) is 1.13. The SMILES string of the molecule is N#Cc1cnc(C2CC2)cc1Cl. The van der Waals surface area contributed by atoms with E-state index >= 15 is 0 Å². The van der Waals surface area contributed by atoms with E-state index in [0.717, 1.165) is 5.69 Å². The van der Waals surface area contributed by atoms with Crippen LogP contribution in [0.3, 0.4) is 0 Å². The molecule has 1 fully saturated rings. The summed E-state index contributed by atoms with van der Waals surface area (Å²) < 4.78 is 0. The van der Waals surface area contributed by atoms with Crippen LogP contribution in [0.25, 0.3) is 0 Å². The molecule has 1 aliphatic carbocycles. The summed E-state index contributed by atoms with van der Waals surface area (Å²) in [6.45, 7) is 0. The molecular formula is C9H7ClN2. The van der Waals surface area contributed by atoms with Gasteiger partial charge in [-0.25, -0.2) is 0 Å². The van der Waals surface area contributed by atoms with Crippen molar-refractivity contribution in [3.05, 3.63) is 28.5 Å². The molecule has 3 heteroatoms. The van der Waals surface area contributed by atoms with Gasteiger partial charge in [-0.05, 0) is 18.9 Å². The van der Waals surface area contributed by atoms with Crippen molar-refractivity contribution in [1.29, 1.82) is 5.26 Å². The summed E-state index contributed by atoms with van der Waals surface area (Å²) in [5.41, 5.74) is 1.49. The molecular weight excluding hydrogens is 172 g/mol. The van der Waals surface area contributed by atoms with Gasteiger partial charge >= 0.3 is 0 Å². The third kappa shape index (κ3) is 1.28. The molecule has 0 atom stereocenters. The van der Waals surface area contributed by atoms with E-state index < -0.39 is 0 Å². The topological polar surface area (TPSA) is 36.7 Å². The van der Waals surface area contributed by atoms with Crippen molar-refractivity contribution in [2.45, 2.75) is 18.8 Å². The quantitative estimate of drug-likeness (QED) is 0.663. The van der Waals surface area contributed by atoms with Crippen molar-refractivity contribution in [2.24, 2.45) is 0 Å². The van der Waals surface area contributed by atoms with Crippen LogP contribution in [0.2, 0.25) is 5.02 Å².